The predicted octanol–water partition coefficient (Wildman–Crippen LogP) is 10.5. The molecule has 1 aliphatic carbocycles. The Morgan fingerprint density at radius 2 is 1.24 bits per heavy atom. The number of benzene rings is 6. The number of hydrogen-bond donors (Lipinski definition) is 0. The fourth-order valence-corrected chi connectivity index (χ4v) is 7.87. The molecule has 2 atom stereocenters. The highest BCUT2D eigenvalue weighted by Crippen LogP contribution is 2.49. The topological polar surface area (TPSA) is 79.5 Å². The molecule has 1 aromatic heterocycles. The Balaban J connectivity index is 1.22. The number of para-hydroxylation sites is 4. The van der Waals surface area contributed by atoms with E-state index in [0.29, 0.717) is 16.7 Å². The molecule has 0 fully saturated rings. The Morgan fingerprint density at radius 1 is 0.540 bits per heavy atom. The third-order valence-electron chi connectivity index (χ3n) is 10.0. The van der Waals surface area contributed by atoms with E-state index in [9.17, 15) is 15.8 Å². The molecule has 2 heterocycles. The third kappa shape index (κ3) is 4.37. The van der Waals surface area contributed by atoms with Crippen LogP contribution in [0.1, 0.15) is 22.6 Å². The van der Waals surface area contributed by atoms with Gasteiger partial charge >= 0.3 is 0 Å². The van der Waals surface area contributed by atoms with Crippen LogP contribution in [0.2, 0.25) is 0 Å². The van der Waals surface area contributed by atoms with Crippen molar-refractivity contribution in [2.24, 2.45) is 0 Å². The summed E-state index contributed by atoms with van der Waals surface area (Å²) in [5.74, 6) is 0.0135. The van der Waals surface area contributed by atoms with Crippen LogP contribution in [0.4, 0.5) is 11.4 Å². The maximum absolute atomic E-state index is 10.6. The second-order valence-corrected chi connectivity index (χ2v) is 12.6. The summed E-state index contributed by atoms with van der Waals surface area (Å²) >= 11 is 0. The summed E-state index contributed by atoms with van der Waals surface area (Å²) in [5.41, 5.74) is 11.7. The minimum absolute atomic E-state index is 0.0135. The van der Waals surface area contributed by atoms with Gasteiger partial charge in [-0.3, -0.25) is 0 Å². The Morgan fingerprint density at radius 3 is 1.98 bits per heavy atom. The zero-order valence-electron chi connectivity index (χ0n) is 26.8. The molecular formula is C45H27N5. The minimum Gasteiger partial charge on any atom is -0.332 e. The molecule has 9 rings (SSSR count). The quantitative estimate of drug-likeness (QED) is 0.192. The molecule has 2 aliphatic rings. The SMILES string of the molecule is N#CC1=CC2c3ccccc3N(c3ccc(-c4ccc(C#N)cc4-c4ccccc4-n4c5ccccc5c5ccccc54)cc3C#N)C2C=C1. The van der Waals surface area contributed by atoms with Crippen LogP contribution < -0.4 is 4.90 Å². The predicted molar refractivity (Wildman–Crippen MR) is 199 cm³/mol. The number of hydrogen-bond acceptors (Lipinski definition) is 4. The molecule has 0 N–H and O–H groups in total. The van der Waals surface area contributed by atoms with E-state index in [1.165, 1.54) is 10.8 Å². The summed E-state index contributed by atoms with van der Waals surface area (Å²) in [7, 11) is 0. The van der Waals surface area contributed by atoms with Gasteiger partial charge in [-0.1, -0.05) is 97.1 Å². The molecular weight excluding hydrogens is 611 g/mol. The number of nitrogens with zero attached hydrogens (tertiary/aromatic N) is 5. The number of allylic oxidation sites excluding steroid dienone is 2. The van der Waals surface area contributed by atoms with Crippen molar-refractivity contribution in [3.63, 3.8) is 0 Å². The summed E-state index contributed by atoms with van der Waals surface area (Å²) in [6, 6.07) is 52.4. The fraction of sp³-hybridized carbons (Fsp3) is 0.0444. The lowest BCUT2D eigenvalue weighted by molar-refractivity contribution is 0.741. The smallest absolute Gasteiger partial charge is 0.101 e. The summed E-state index contributed by atoms with van der Waals surface area (Å²) < 4.78 is 2.30. The van der Waals surface area contributed by atoms with Crippen molar-refractivity contribution in [2.45, 2.75) is 12.0 Å². The molecule has 232 valence electrons. The number of rotatable bonds is 4. The Bertz CT molecular complexity index is 2670. The molecule has 5 heteroatoms. The lowest BCUT2D eigenvalue weighted by atomic mass is 9.88. The van der Waals surface area contributed by atoms with Crippen LogP contribution in [-0.4, -0.2) is 10.6 Å². The summed E-state index contributed by atoms with van der Waals surface area (Å²) in [5, 5.41) is 32.6. The first-order valence-corrected chi connectivity index (χ1v) is 16.5. The summed E-state index contributed by atoms with van der Waals surface area (Å²) in [6.07, 6.45) is 5.97. The average Bonchev–Trinajstić information content (AvgIpc) is 3.70. The van der Waals surface area contributed by atoms with Gasteiger partial charge in [0.2, 0.25) is 0 Å². The first-order chi connectivity index (χ1) is 24.7. The van der Waals surface area contributed by atoms with Crippen LogP contribution in [0.5, 0.6) is 0 Å². The third-order valence-corrected chi connectivity index (χ3v) is 10.0. The zero-order chi connectivity index (χ0) is 33.8. The van der Waals surface area contributed by atoms with Crippen molar-refractivity contribution in [2.75, 3.05) is 4.90 Å². The molecule has 5 nitrogen and oxygen atoms in total. The Labute approximate surface area is 289 Å². The molecule has 0 saturated heterocycles. The molecule has 6 aromatic carbocycles. The molecule has 50 heavy (non-hydrogen) atoms. The fourth-order valence-electron chi connectivity index (χ4n) is 7.87. The molecule has 1 aliphatic heterocycles. The van der Waals surface area contributed by atoms with Gasteiger partial charge in [-0.25, -0.2) is 0 Å². The van der Waals surface area contributed by atoms with Gasteiger partial charge in [0.1, 0.15) is 6.07 Å². The van der Waals surface area contributed by atoms with Crippen molar-refractivity contribution in [1.29, 1.82) is 15.8 Å². The van der Waals surface area contributed by atoms with Crippen molar-refractivity contribution in [3.05, 3.63) is 174 Å². The van der Waals surface area contributed by atoms with Crippen molar-refractivity contribution >= 4 is 33.2 Å². The van der Waals surface area contributed by atoms with Crippen molar-refractivity contribution in [3.8, 4) is 46.1 Å². The molecule has 0 bridgehead atoms. The number of nitriles is 3. The van der Waals surface area contributed by atoms with Gasteiger partial charge in [0.25, 0.3) is 0 Å². The van der Waals surface area contributed by atoms with Gasteiger partial charge in [-0.15, -0.1) is 0 Å². The maximum atomic E-state index is 10.6. The summed E-state index contributed by atoms with van der Waals surface area (Å²) in [4.78, 5) is 2.22. The zero-order valence-corrected chi connectivity index (χ0v) is 26.8. The van der Waals surface area contributed by atoms with E-state index in [0.717, 1.165) is 55.9 Å². The van der Waals surface area contributed by atoms with Gasteiger partial charge in [0.05, 0.1) is 51.7 Å². The maximum Gasteiger partial charge on any atom is 0.101 e. The van der Waals surface area contributed by atoms with E-state index in [1.807, 2.05) is 66.7 Å². The van der Waals surface area contributed by atoms with Crippen LogP contribution in [0.3, 0.4) is 0 Å². The standard InChI is InChI=1S/C45H27N5/c46-26-29-17-20-33(38(23-29)36-11-3-7-15-43(36)50-41-13-5-1-9-34(41)35-10-2-6-14-42(35)50)31-19-22-40(32(25-31)28-48)49-44-16-8-4-12-37(44)39-24-30(27-47)18-21-45(39)49/h1-25,39,45H. The van der Waals surface area contributed by atoms with Gasteiger partial charge < -0.3 is 9.47 Å². The molecule has 0 spiro atoms. The number of fused-ring (bicyclic) bond motifs is 6. The van der Waals surface area contributed by atoms with E-state index in [2.05, 4.69) is 113 Å². The van der Waals surface area contributed by atoms with E-state index in [4.69, 9.17) is 0 Å². The largest absolute Gasteiger partial charge is 0.332 e. The van der Waals surface area contributed by atoms with Crippen LogP contribution in [0.15, 0.2) is 157 Å². The highest BCUT2D eigenvalue weighted by atomic mass is 15.2. The van der Waals surface area contributed by atoms with Gasteiger partial charge in [0.15, 0.2) is 0 Å². The minimum atomic E-state index is -0.0500. The van der Waals surface area contributed by atoms with E-state index in [-0.39, 0.29) is 12.0 Å². The van der Waals surface area contributed by atoms with Crippen molar-refractivity contribution in [1.82, 2.24) is 4.57 Å². The first kappa shape index (κ1) is 29.0. The molecule has 0 amide bonds. The Kier molecular flexibility index (Phi) is 6.70. The Hall–Kier alpha value is -7.13. The van der Waals surface area contributed by atoms with Gasteiger partial charge in [-0.2, -0.15) is 15.8 Å². The lowest BCUT2D eigenvalue weighted by Crippen LogP contribution is -2.29. The normalized spacial score (nSPS) is 15.9. The van der Waals surface area contributed by atoms with E-state index < -0.39 is 0 Å². The average molecular weight is 638 g/mol. The van der Waals surface area contributed by atoms with Crippen LogP contribution >= 0.6 is 0 Å². The van der Waals surface area contributed by atoms with E-state index >= 15 is 0 Å². The number of anilines is 2. The molecule has 0 saturated carbocycles. The van der Waals surface area contributed by atoms with Crippen LogP contribution in [0, 0.1) is 34.0 Å². The highest BCUT2D eigenvalue weighted by Gasteiger charge is 2.39. The first-order valence-electron chi connectivity index (χ1n) is 16.5. The molecule has 0 radical (unpaired) electrons. The number of aromatic nitrogens is 1. The molecule has 2 unspecified atom stereocenters. The molecule has 7 aromatic rings. The lowest BCUT2D eigenvalue weighted by Gasteiger charge is -2.30. The van der Waals surface area contributed by atoms with Crippen LogP contribution in [-0.2, 0) is 0 Å². The van der Waals surface area contributed by atoms with Crippen LogP contribution in [0.25, 0.3) is 49.7 Å². The van der Waals surface area contributed by atoms with Gasteiger partial charge in [0, 0.05) is 33.5 Å². The summed E-state index contributed by atoms with van der Waals surface area (Å²) in [6.45, 7) is 0. The van der Waals surface area contributed by atoms with E-state index in [1.54, 1.807) is 0 Å². The van der Waals surface area contributed by atoms with Gasteiger partial charge in [-0.05, 0) is 76.9 Å². The second-order valence-electron chi connectivity index (χ2n) is 12.6. The van der Waals surface area contributed by atoms with Crippen molar-refractivity contribution < 1.29 is 0 Å². The second kappa shape index (κ2) is 11.5. The monoisotopic (exact) mass is 637 g/mol. The highest BCUT2D eigenvalue weighted by molar-refractivity contribution is 6.10.